The zero-order valence-corrected chi connectivity index (χ0v) is 12.3. The number of halogens is 1. The molecule has 1 unspecified atom stereocenters. The van der Waals surface area contributed by atoms with E-state index in [1.54, 1.807) is 36.4 Å². The third kappa shape index (κ3) is 4.48. The van der Waals surface area contributed by atoms with Crippen LogP contribution in [0.4, 0.5) is 0 Å². The Hall–Kier alpha value is -2.04. The lowest BCUT2D eigenvalue weighted by molar-refractivity contribution is -0.117. The van der Waals surface area contributed by atoms with Crippen LogP contribution in [-0.4, -0.2) is 17.6 Å². The number of hydrogen-bond donors (Lipinski definition) is 2. The van der Waals surface area contributed by atoms with Gasteiger partial charge in [0.1, 0.15) is 11.5 Å². The largest absolute Gasteiger partial charge is 0.462 e. The summed E-state index contributed by atoms with van der Waals surface area (Å²) in [5.74, 6) is 1.08. The lowest BCUT2D eigenvalue weighted by Crippen LogP contribution is -2.29. The average Bonchev–Trinajstić information content (AvgIpc) is 2.89. The Kier molecular flexibility index (Phi) is 5.20. The third-order valence-corrected chi connectivity index (χ3v) is 3.18. The normalized spacial score (nSPS) is 12.5. The van der Waals surface area contributed by atoms with Gasteiger partial charge in [0, 0.05) is 11.1 Å². The maximum atomic E-state index is 11.9. The van der Waals surface area contributed by atoms with Gasteiger partial charge < -0.3 is 14.8 Å². The Morgan fingerprint density at radius 3 is 2.62 bits per heavy atom. The number of aliphatic hydroxyl groups excluding tert-OH is 1. The number of furan rings is 1. The number of rotatable bonds is 5. The van der Waals surface area contributed by atoms with E-state index in [4.69, 9.17) is 16.0 Å². The van der Waals surface area contributed by atoms with E-state index in [1.807, 2.05) is 13.0 Å². The van der Waals surface area contributed by atoms with Crippen LogP contribution in [0.5, 0.6) is 0 Å². The van der Waals surface area contributed by atoms with Gasteiger partial charge in [0.2, 0.25) is 5.91 Å². The Morgan fingerprint density at radius 2 is 2.05 bits per heavy atom. The van der Waals surface area contributed by atoms with Crippen molar-refractivity contribution in [2.75, 3.05) is 6.61 Å². The van der Waals surface area contributed by atoms with Crippen LogP contribution in [0.2, 0.25) is 5.02 Å². The number of carbonyl (C=O) groups excluding carboxylic acids is 1. The number of aliphatic hydroxyl groups is 1. The fourth-order valence-corrected chi connectivity index (χ4v) is 1.98. The Bertz CT molecular complexity index is 631. The third-order valence-electron chi connectivity index (χ3n) is 2.93. The SMILES string of the molecule is Cc1ccc(/C=C/C(=O)NC(CO)c2ccc(Cl)cc2)o1. The fourth-order valence-electron chi connectivity index (χ4n) is 1.85. The minimum Gasteiger partial charge on any atom is -0.462 e. The second-order valence-electron chi connectivity index (χ2n) is 4.58. The molecule has 1 heterocycles. The number of aryl methyl sites for hydroxylation is 1. The predicted octanol–water partition coefficient (Wildman–Crippen LogP) is 3.10. The molecule has 0 spiro atoms. The second kappa shape index (κ2) is 7.11. The smallest absolute Gasteiger partial charge is 0.244 e. The Balaban J connectivity index is 1.99. The Morgan fingerprint density at radius 1 is 1.33 bits per heavy atom. The molecular formula is C16H16ClNO3. The first kappa shape index (κ1) is 15.4. The quantitative estimate of drug-likeness (QED) is 0.834. The molecule has 0 fully saturated rings. The Labute approximate surface area is 128 Å². The van der Waals surface area contributed by atoms with Crippen molar-refractivity contribution in [2.45, 2.75) is 13.0 Å². The molecule has 1 amide bonds. The number of benzene rings is 1. The molecule has 0 aliphatic rings. The highest BCUT2D eigenvalue weighted by Gasteiger charge is 2.12. The van der Waals surface area contributed by atoms with E-state index in [2.05, 4.69) is 5.32 Å². The standard InChI is InChI=1S/C16H16ClNO3/c1-11-2-7-14(21-11)8-9-16(20)18-15(10-19)12-3-5-13(17)6-4-12/h2-9,15,19H,10H2,1H3,(H,18,20)/b9-8+. The molecule has 0 aliphatic carbocycles. The predicted molar refractivity (Wildman–Crippen MR) is 81.9 cm³/mol. The van der Waals surface area contributed by atoms with Crippen molar-refractivity contribution >= 4 is 23.6 Å². The molecule has 4 nitrogen and oxygen atoms in total. The summed E-state index contributed by atoms with van der Waals surface area (Å²) in [7, 11) is 0. The topological polar surface area (TPSA) is 62.5 Å². The van der Waals surface area contributed by atoms with E-state index < -0.39 is 6.04 Å². The number of carbonyl (C=O) groups is 1. The van der Waals surface area contributed by atoms with E-state index in [9.17, 15) is 9.90 Å². The summed E-state index contributed by atoms with van der Waals surface area (Å²) >= 11 is 5.81. The average molecular weight is 306 g/mol. The molecule has 0 bridgehead atoms. The molecule has 0 saturated heterocycles. The van der Waals surface area contributed by atoms with Crippen LogP contribution in [0.3, 0.4) is 0 Å². The van der Waals surface area contributed by atoms with Crippen LogP contribution in [-0.2, 0) is 4.79 Å². The minimum atomic E-state index is -0.474. The zero-order chi connectivity index (χ0) is 15.2. The molecule has 1 atom stereocenters. The van der Waals surface area contributed by atoms with Crippen LogP contribution < -0.4 is 5.32 Å². The first-order valence-electron chi connectivity index (χ1n) is 6.50. The van der Waals surface area contributed by atoms with Gasteiger partial charge in [-0.1, -0.05) is 23.7 Å². The fraction of sp³-hybridized carbons (Fsp3) is 0.188. The van der Waals surface area contributed by atoms with Crippen LogP contribution in [0.15, 0.2) is 46.9 Å². The molecule has 0 radical (unpaired) electrons. The molecule has 1 aromatic heterocycles. The van der Waals surface area contributed by atoms with Crippen molar-refractivity contribution in [1.29, 1.82) is 0 Å². The van der Waals surface area contributed by atoms with Crippen molar-refractivity contribution in [3.63, 3.8) is 0 Å². The highest BCUT2D eigenvalue weighted by molar-refractivity contribution is 6.30. The second-order valence-corrected chi connectivity index (χ2v) is 5.01. The summed E-state index contributed by atoms with van der Waals surface area (Å²) in [5, 5.41) is 12.7. The minimum absolute atomic E-state index is 0.193. The number of amides is 1. The molecule has 110 valence electrons. The van der Waals surface area contributed by atoms with Gasteiger partial charge in [0.25, 0.3) is 0 Å². The number of hydrogen-bond acceptors (Lipinski definition) is 3. The van der Waals surface area contributed by atoms with Gasteiger partial charge in [-0.2, -0.15) is 0 Å². The summed E-state index contributed by atoms with van der Waals surface area (Å²) in [5.41, 5.74) is 0.789. The molecule has 2 rings (SSSR count). The van der Waals surface area contributed by atoms with Crippen molar-refractivity contribution < 1.29 is 14.3 Å². The summed E-state index contributed by atoms with van der Waals surface area (Å²) < 4.78 is 5.33. The van der Waals surface area contributed by atoms with Gasteiger partial charge in [-0.3, -0.25) is 4.79 Å². The lowest BCUT2D eigenvalue weighted by atomic mass is 10.1. The van der Waals surface area contributed by atoms with Crippen molar-refractivity contribution in [3.05, 3.63) is 64.6 Å². The summed E-state index contributed by atoms with van der Waals surface area (Å²) in [6.45, 7) is 1.64. The molecule has 5 heteroatoms. The maximum absolute atomic E-state index is 11.9. The van der Waals surface area contributed by atoms with E-state index in [0.717, 1.165) is 11.3 Å². The lowest BCUT2D eigenvalue weighted by Gasteiger charge is -2.15. The summed E-state index contributed by atoms with van der Waals surface area (Å²) in [6, 6.07) is 10.1. The molecule has 2 N–H and O–H groups in total. The van der Waals surface area contributed by atoms with Gasteiger partial charge in [-0.05, 0) is 42.8 Å². The number of nitrogens with one attached hydrogen (secondary N) is 1. The van der Waals surface area contributed by atoms with Crippen molar-refractivity contribution in [2.24, 2.45) is 0 Å². The highest BCUT2D eigenvalue weighted by atomic mass is 35.5. The van der Waals surface area contributed by atoms with E-state index in [1.165, 1.54) is 6.08 Å². The first-order valence-corrected chi connectivity index (χ1v) is 6.87. The monoisotopic (exact) mass is 305 g/mol. The van der Waals surface area contributed by atoms with E-state index in [-0.39, 0.29) is 12.5 Å². The maximum Gasteiger partial charge on any atom is 0.244 e. The van der Waals surface area contributed by atoms with Crippen LogP contribution in [0, 0.1) is 6.92 Å². The van der Waals surface area contributed by atoms with Gasteiger partial charge in [0.05, 0.1) is 12.6 Å². The summed E-state index contributed by atoms with van der Waals surface area (Å²) in [6.07, 6.45) is 2.95. The molecule has 0 saturated carbocycles. The van der Waals surface area contributed by atoms with Crippen LogP contribution in [0.25, 0.3) is 6.08 Å². The van der Waals surface area contributed by atoms with E-state index >= 15 is 0 Å². The van der Waals surface area contributed by atoms with Crippen LogP contribution in [0.1, 0.15) is 23.1 Å². The molecule has 21 heavy (non-hydrogen) atoms. The zero-order valence-electron chi connectivity index (χ0n) is 11.5. The first-order chi connectivity index (χ1) is 10.1. The molecule has 0 aliphatic heterocycles. The van der Waals surface area contributed by atoms with Gasteiger partial charge in [-0.15, -0.1) is 0 Å². The van der Waals surface area contributed by atoms with Gasteiger partial charge in [-0.25, -0.2) is 0 Å². The molecular weight excluding hydrogens is 290 g/mol. The van der Waals surface area contributed by atoms with Crippen molar-refractivity contribution in [3.8, 4) is 0 Å². The highest BCUT2D eigenvalue weighted by Crippen LogP contribution is 2.16. The van der Waals surface area contributed by atoms with Gasteiger partial charge in [0.15, 0.2) is 0 Å². The van der Waals surface area contributed by atoms with Crippen molar-refractivity contribution in [1.82, 2.24) is 5.32 Å². The summed E-state index contributed by atoms with van der Waals surface area (Å²) in [4.78, 5) is 11.9. The van der Waals surface area contributed by atoms with E-state index in [0.29, 0.717) is 10.8 Å². The van der Waals surface area contributed by atoms with Crippen LogP contribution >= 0.6 is 11.6 Å². The van der Waals surface area contributed by atoms with Gasteiger partial charge >= 0.3 is 0 Å². The molecule has 2 aromatic rings. The molecule has 1 aromatic carbocycles.